The molecule has 8 rings (SSSR count). The Balaban J connectivity index is 1.35. The lowest BCUT2D eigenvalue weighted by atomic mass is 9.79. The summed E-state index contributed by atoms with van der Waals surface area (Å²) in [5.41, 5.74) is 8.04. The summed E-state index contributed by atoms with van der Waals surface area (Å²) in [5, 5.41) is 4.41. The second kappa shape index (κ2) is 11.2. The van der Waals surface area contributed by atoms with Crippen LogP contribution in [0.15, 0.2) is 97.6 Å². The Morgan fingerprint density at radius 3 is 1.43 bits per heavy atom. The molecule has 6 aromatic heterocycles. The van der Waals surface area contributed by atoms with Gasteiger partial charge in [0.05, 0.1) is 9.40 Å². The highest BCUT2D eigenvalue weighted by Crippen LogP contribution is 2.47. The van der Waals surface area contributed by atoms with Crippen molar-refractivity contribution in [2.75, 3.05) is 0 Å². The Hall–Kier alpha value is -4.85. The minimum Gasteiger partial charge on any atom is -0.298 e. The third-order valence-corrected chi connectivity index (χ3v) is 11.2. The van der Waals surface area contributed by atoms with Gasteiger partial charge in [0.1, 0.15) is 15.4 Å². The number of aromatic nitrogens is 4. The zero-order valence-corrected chi connectivity index (χ0v) is 27.5. The van der Waals surface area contributed by atoms with Crippen LogP contribution in [-0.2, 0) is 4.79 Å². The first-order valence-corrected chi connectivity index (χ1v) is 17.0. The van der Waals surface area contributed by atoms with Gasteiger partial charge in [-0.05, 0) is 59.4 Å². The fourth-order valence-corrected chi connectivity index (χ4v) is 9.30. The van der Waals surface area contributed by atoms with Crippen molar-refractivity contribution in [3.05, 3.63) is 120 Å². The summed E-state index contributed by atoms with van der Waals surface area (Å²) in [6, 6.07) is 25.0. The molecule has 0 spiro atoms. The van der Waals surface area contributed by atoms with Gasteiger partial charge < -0.3 is 0 Å². The van der Waals surface area contributed by atoms with E-state index in [1.54, 1.807) is 22.7 Å². The van der Waals surface area contributed by atoms with Crippen molar-refractivity contribution in [3.8, 4) is 22.3 Å². The third kappa shape index (κ3) is 4.45. The first-order chi connectivity index (χ1) is 22.4. The highest BCUT2D eigenvalue weighted by molar-refractivity contribution is 7.25. The minimum atomic E-state index is -0.416. The number of carbonyl (C=O) groups excluding carboxylic acids is 1. The van der Waals surface area contributed by atoms with Gasteiger partial charge in [0, 0.05) is 69.6 Å². The number of hydrogen-bond donors (Lipinski definition) is 0. The number of fused-ring (bicyclic) bond motifs is 6. The van der Waals surface area contributed by atoms with Gasteiger partial charge in [-0.2, -0.15) is 0 Å². The molecule has 2 unspecified atom stereocenters. The monoisotopic (exact) mass is 634 g/mol. The molecule has 0 radical (unpaired) electrons. The van der Waals surface area contributed by atoms with Gasteiger partial charge in [-0.1, -0.05) is 74.5 Å². The Morgan fingerprint density at radius 2 is 1.02 bits per heavy atom. The van der Waals surface area contributed by atoms with E-state index in [9.17, 15) is 4.79 Å². The van der Waals surface area contributed by atoms with Crippen molar-refractivity contribution in [3.63, 3.8) is 0 Å². The van der Waals surface area contributed by atoms with Crippen LogP contribution in [0.2, 0.25) is 0 Å². The van der Waals surface area contributed by atoms with E-state index in [-0.39, 0.29) is 5.78 Å². The predicted octanol–water partition coefficient (Wildman–Crippen LogP) is 10.4. The Kier molecular flexibility index (Phi) is 6.96. The fourth-order valence-electron chi connectivity index (χ4n) is 7.10. The van der Waals surface area contributed by atoms with Gasteiger partial charge in [0.25, 0.3) is 0 Å². The molecule has 0 amide bonds. The molecule has 0 N–H and O–H groups in total. The topological polar surface area (TPSA) is 68.6 Å². The smallest absolute Gasteiger partial charge is 0.147 e. The average Bonchev–Trinajstić information content (AvgIpc) is 3.64. The number of thiophene rings is 2. The molecule has 224 valence electrons. The molecule has 0 aliphatic rings. The standard InChI is InChI=1S/C39H30N4OS2/c1-21(31-23(3)42-38-35(27-15-17-40-19-29(27)45-38)33(31)25-11-7-5-8-12-25)37(44)22(2)32-24(4)43-39-36(28-16-18-41-20-30(28)46-39)34(32)26-13-9-6-10-14-26/h5-22H,1-4H3. The van der Waals surface area contributed by atoms with Gasteiger partial charge in [-0.3, -0.25) is 14.8 Å². The molecule has 0 aliphatic carbocycles. The number of benzene rings is 2. The molecule has 5 nitrogen and oxygen atoms in total. The molecule has 0 aliphatic heterocycles. The van der Waals surface area contributed by atoms with Crippen LogP contribution in [0.4, 0.5) is 0 Å². The van der Waals surface area contributed by atoms with Gasteiger partial charge in [0.15, 0.2) is 0 Å². The second-order valence-corrected chi connectivity index (χ2v) is 13.9. The van der Waals surface area contributed by atoms with Crippen molar-refractivity contribution in [1.29, 1.82) is 0 Å². The van der Waals surface area contributed by atoms with Crippen molar-refractivity contribution in [1.82, 2.24) is 19.9 Å². The number of ketones is 1. The molecule has 6 heterocycles. The van der Waals surface area contributed by atoms with E-state index < -0.39 is 11.8 Å². The van der Waals surface area contributed by atoms with E-state index >= 15 is 0 Å². The molecular formula is C39H30N4OS2. The number of nitrogens with zero attached hydrogens (tertiary/aromatic N) is 4. The van der Waals surface area contributed by atoms with E-state index in [0.717, 1.165) is 85.4 Å². The summed E-state index contributed by atoms with van der Waals surface area (Å²) in [5.74, 6) is -0.688. The first-order valence-electron chi connectivity index (χ1n) is 15.4. The Bertz CT molecular complexity index is 2280. The zero-order chi connectivity index (χ0) is 31.5. The highest BCUT2D eigenvalue weighted by atomic mass is 32.1. The Morgan fingerprint density at radius 1 is 0.609 bits per heavy atom. The van der Waals surface area contributed by atoms with Gasteiger partial charge in [-0.25, -0.2) is 9.97 Å². The van der Waals surface area contributed by atoms with Crippen LogP contribution in [-0.4, -0.2) is 25.7 Å². The van der Waals surface area contributed by atoms with Crippen LogP contribution < -0.4 is 0 Å². The normalized spacial score (nSPS) is 13.1. The number of pyridine rings is 4. The van der Waals surface area contributed by atoms with Crippen molar-refractivity contribution < 1.29 is 4.79 Å². The van der Waals surface area contributed by atoms with Gasteiger partial charge in [0.2, 0.25) is 0 Å². The molecule has 2 atom stereocenters. The van der Waals surface area contributed by atoms with Gasteiger partial charge >= 0.3 is 0 Å². The van der Waals surface area contributed by atoms with E-state index in [1.807, 2.05) is 64.6 Å². The molecule has 0 fully saturated rings. The summed E-state index contributed by atoms with van der Waals surface area (Å²) in [6.45, 7) is 8.18. The van der Waals surface area contributed by atoms with Crippen LogP contribution in [0.1, 0.15) is 48.2 Å². The van der Waals surface area contributed by atoms with E-state index in [1.165, 1.54) is 0 Å². The minimum absolute atomic E-state index is 0.144. The molecular weight excluding hydrogens is 605 g/mol. The molecule has 0 saturated heterocycles. The maximum atomic E-state index is 14.9. The summed E-state index contributed by atoms with van der Waals surface area (Å²) >= 11 is 3.30. The average molecular weight is 635 g/mol. The van der Waals surface area contributed by atoms with Crippen molar-refractivity contribution in [2.24, 2.45) is 0 Å². The molecule has 0 saturated carbocycles. The molecule has 8 aromatic rings. The maximum Gasteiger partial charge on any atom is 0.147 e. The predicted molar refractivity (Wildman–Crippen MR) is 192 cm³/mol. The SMILES string of the molecule is Cc1nc2sc3cnccc3c2c(-c2ccccc2)c1C(C)C(=O)C(C)c1c(C)nc2sc3cnccc3c2c1-c1ccccc1. The number of hydrogen-bond acceptors (Lipinski definition) is 7. The summed E-state index contributed by atoms with van der Waals surface area (Å²) in [4.78, 5) is 35.8. The lowest BCUT2D eigenvalue weighted by Gasteiger charge is -2.25. The van der Waals surface area contributed by atoms with Crippen LogP contribution in [0.25, 0.3) is 62.9 Å². The first kappa shape index (κ1) is 28.6. The molecule has 7 heteroatoms. The lowest BCUT2D eigenvalue weighted by molar-refractivity contribution is -0.121. The summed E-state index contributed by atoms with van der Waals surface area (Å²) in [6.07, 6.45) is 7.48. The maximum absolute atomic E-state index is 14.9. The lowest BCUT2D eigenvalue weighted by Crippen LogP contribution is -2.20. The summed E-state index contributed by atoms with van der Waals surface area (Å²) in [7, 11) is 0. The second-order valence-electron chi connectivity index (χ2n) is 11.9. The zero-order valence-electron chi connectivity index (χ0n) is 25.9. The molecule has 46 heavy (non-hydrogen) atoms. The Labute approximate surface area is 274 Å². The van der Waals surface area contributed by atoms with E-state index in [4.69, 9.17) is 9.97 Å². The third-order valence-electron chi connectivity index (χ3n) is 9.15. The van der Waals surface area contributed by atoms with Crippen molar-refractivity contribution in [2.45, 2.75) is 39.5 Å². The van der Waals surface area contributed by atoms with E-state index in [0.29, 0.717) is 0 Å². The number of Topliss-reactive ketones (excluding diaryl/α,β-unsaturated/α-hetero) is 1. The highest BCUT2D eigenvalue weighted by Gasteiger charge is 2.32. The van der Waals surface area contributed by atoms with Gasteiger partial charge in [-0.15, -0.1) is 22.7 Å². The largest absolute Gasteiger partial charge is 0.298 e. The molecule has 2 aromatic carbocycles. The number of aryl methyl sites for hydroxylation is 2. The van der Waals surface area contributed by atoms with Crippen LogP contribution in [0.5, 0.6) is 0 Å². The number of rotatable bonds is 6. The summed E-state index contributed by atoms with van der Waals surface area (Å²) < 4.78 is 2.18. The molecule has 0 bridgehead atoms. The fraction of sp³-hybridized carbons (Fsp3) is 0.154. The van der Waals surface area contributed by atoms with Crippen LogP contribution in [0, 0.1) is 13.8 Å². The van der Waals surface area contributed by atoms with Crippen LogP contribution >= 0.6 is 22.7 Å². The number of carbonyl (C=O) groups is 1. The quantitative estimate of drug-likeness (QED) is 0.182. The van der Waals surface area contributed by atoms with E-state index in [2.05, 4.69) is 70.6 Å². The van der Waals surface area contributed by atoms with Crippen molar-refractivity contribution >= 4 is 69.1 Å². The van der Waals surface area contributed by atoms with Crippen LogP contribution in [0.3, 0.4) is 0 Å².